The van der Waals surface area contributed by atoms with Gasteiger partial charge in [-0.25, -0.2) is 8.42 Å². The van der Waals surface area contributed by atoms with Crippen molar-refractivity contribution >= 4 is 62.9 Å². The number of nitrogens with zero attached hydrogens (tertiary/aromatic N) is 2. The first kappa shape index (κ1) is 48.5. The lowest BCUT2D eigenvalue weighted by Crippen LogP contribution is -2.54. The number of hydrogen-bond donors (Lipinski definition) is 3. The van der Waals surface area contributed by atoms with Gasteiger partial charge in [-0.05, 0) is 66.4 Å². The molecule has 2 aliphatic heterocycles. The normalized spacial score (nSPS) is 15.2. The summed E-state index contributed by atoms with van der Waals surface area (Å²) in [5, 5.41) is 8.02. The average Bonchev–Trinajstić information content (AvgIpc) is 3.55. The van der Waals surface area contributed by atoms with E-state index in [1.165, 1.54) is 43.3 Å². The first-order chi connectivity index (χ1) is 31.6. The van der Waals surface area contributed by atoms with E-state index in [0.717, 1.165) is 22.3 Å². The number of rotatable bonds is 22. The van der Waals surface area contributed by atoms with Crippen LogP contribution in [-0.2, 0) is 46.9 Å². The van der Waals surface area contributed by atoms with Crippen LogP contribution in [0.1, 0.15) is 90.4 Å². The van der Waals surface area contributed by atoms with Gasteiger partial charge in [-0.2, -0.15) is 0 Å². The van der Waals surface area contributed by atoms with Crippen molar-refractivity contribution in [3.8, 4) is 11.5 Å². The zero-order chi connectivity index (χ0) is 47.5. The minimum atomic E-state index is -3.60. The van der Waals surface area contributed by atoms with Crippen molar-refractivity contribution in [1.29, 1.82) is 0 Å². The van der Waals surface area contributed by atoms with Crippen molar-refractivity contribution in [3.63, 3.8) is 0 Å². The number of imide groups is 2. The minimum absolute atomic E-state index is 0.0304. The fraction of sp³-hybridized carbons (Fsp3) is 0.340. The van der Waals surface area contributed by atoms with Gasteiger partial charge in [0.25, 0.3) is 17.7 Å². The van der Waals surface area contributed by atoms with Crippen LogP contribution in [0.25, 0.3) is 0 Å². The first-order valence-corrected chi connectivity index (χ1v) is 23.2. The number of methoxy groups -OCH3 is 1. The van der Waals surface area contributed by atoms with Crippen molar-refractivity contribution in [2.75, 3.05) is 63.2 Å². The monoisotopic (exact) mass is 925 g/mol. The smallest absolute Gasteiger partial charge is 0.264 e. The molecule has 4 aromatic carbocycles. The Morgan fingerprint density at radius 3 is 2.24 bits per heavy atom. The van der Waals surface area contributed by atoms with Crippen LogP contribution in [0.3, 0.4) is 0 Å². The quantitative estimate of drug-likeness (QED) is 0.0566. The molecule has 0 aromatic heterocycles. The number of piperidine rings is 1. The highest BCUT2D eigenvalue weighted by Crippen LogP contribution is 2.35. The summed E-state index contributed by atoms with van der Waals surface area (Å²) >= 11 is 0. The van der Waals surface area contributed by atoms with Crippen LogP contribution in [0.2, 0.25) is 0 Å². The number of ether oxygens (including phenoxy) is 4. The van der Waals surface area contributed by atoms with Gasteiger partial charge in [-0.15, -0.1) is 0 Å². The highest BCUT2D eigenvalue weighted by atomic mass is 32.2. The van der Waals surface area contributed by atoms with E-state index in [-0.39, 0.29) is 67.0 Å². The maximum Gasteiger partial charge on any atom is 0.264 e. The summed E-state index contributed by atoms with van der Waals surface area (Å²) in [5.74, 6) is -2.99. The number of fused-ring (bicyclic) bond motifs is 1. The van der Waals surface area contributed by atoms with E-state index < -0.39 is 63.1 Å². The number of anilines is 2. The van der Waals surface area contributed by atoms with Crippen LogP contribution in [0.15, 0.2) is 78.9 Å². The van der Waals surface area contributed by atoms with Gasteiger partial charge in [-0.3, -0.25) is 43.8 Å². The van der Waals surface area contributed by atoms with Gasteiger partial charge in [0.15, 0.2) is 17.8 Å². The predicted molar refractivity (Wildman–Crippen MR) is 241 cm³/mol. The molecule has 2 unspecified atom stereocenters. The Kier molecular flexibility index (Phi) is 16.0. The van der Waals surface area contributed by atoms with E-state index in [2.05, 4.69) is 16.0 Å². The first-order valence-electron chi connectivity index (χ1n) is 21.1. The van der Waals surface area contributed by atoms with E-state index in [1.54, 1.807) is 37.3 Å². The molecule has 1 saturated heterocycles. The average molecular weight is 926 g/mol. The third-order valence-electron chi connectivity index (χ3n) is 10.9. The summed E-state index contributed by atoms with van der Waals surface area (Å²) in [4.78, 5) is 91.9. The third-order valence-corrected chi connectivity index (χ3v) is 11.8. The molecule has 4 aromatic rings. The molecule has 0 aliphatic carbocycles. The zero-order valence-electron chi connectivity index (χ0n) is 36.9. The molecule has 0 radical (unpaired) electrons. The van der Waals surface area contributed by atoms with Crippen LogP contribution in [0.4, 0.5) is 11.4 Å². The number of carbonyl (C=O) groups is 7. The van der Waals surface area contributed by atoms with E-state index in [9.17, 15) is 42.0 Å². The SMILES string of the molecule is CCOc1cc(C(CS(C)(=O)=O)N(C)C(=O)c2cccc(NC(=O)CCOCc3ccc(COCCNc4cccc5c4C(=O)N(C4CCC(=O)NC4=O)C5=O)cc3)c2C=O)ccc1OC. The Labute approximate surface area is 381 Å². The number of hydrogen-bond acceptors (Lipinski definition) is 14. The van der Waals surface area contributed by atoms with Crippen molar-refractivity contribution in [3.05, 3.63) is 118 Å². The molecule has 18 nitrogen and oxygen atoms in total. The molecule has 2 aliphatic rings. The molecule has 2 atom stereocenters. The number of amides is 6. The second-order valence-electron chi connectivity index (χ2n) is 15.6. The maximum atomic E-state index is 13.9. The largest absolute Gasteiger partial charge is 0.493 e. The van der Waals surface area contributed by atoms with Gasteiger partial charge >= 0.3 is 0 Å². The van der Waals surface area contributed by atoms with E-state index in [1.807, 2.05) is 24.3 Å². The molecular formula is C47H51N5O13S. The van der Waals surface area contributed by atoms with E-state index in [0.29, 0.717) is 48.8 Å². The lowest BCUT2D eigenvalue weighted by atomic mass is 10.0. The molecule has 348 valence electrons. The Balaban J connectivity index is 0.954. The number of benzene rings is 4. The lowest BCUT2D eigenvalue weighted by Gasteiger charge is -2.29. The Morgan fingerprint density at radius 2 is 1.59 bits per heavy atom. The van der Waals surface area contributed by atoms with Crippen LogP contribution in [0, 0.1) is 0 Å². The van der Waals surface area contributed by atoms with E-state index >= 15 is 0 Å². The van der Waals surface area contributed by atoms with Crippen LogP contribution in [-0.4, -0.2) is 119 Å². The second kappa shape index (κ2) is 21.8. The van der Waals surface area contributed by atoms with Gasteiger partial charge in [0.1, 0.15) is 15.9 Å². The van der Waals surface area contributed by atoms with Crippen LogP contribution < -0.4 is 25.4 Å². The Bertz CT molecular complexity index is 2620. The molecule has 3 N–H and O–H groups in total. The third kappa shape index (κ3) is 11.6. The molecule has 0 spiro atoms. The molecule has 2 heterocycles. The van der Waals surface area contributed by atoms with Crippen LogP contribution in [0.5, 0.6) is 11.5 Å². The summed E-state index contributed by atoms with van der Waals surface area (Å²) < 4.78 is 47.7. The number of aldehydes is 1. The topological polar surface area (TPSA) is 233 Å². The zero-order valence-corrected chi connectivity index (χ0v) is 37.7. The number of sulfone groups is 1. The van der Waals surface area contributed by atoms with Gasteiger partial charge in [-0.1, -0.05) is 42.5 Å². The summed E-state index contributed by atoms with van der Waals surface area (Å²) in [6.07, 6.45) is 1.58. The van der Waals surface area contributed by atoms with Crippen molar-refractivity contribution < 1.29 is 60.9 Å². The van der Waals surface area contributed by atoms with Crippen molar-refractivity contribution in [1.82, 2.24) is 15.1 Å². The van der Waals surface area contributed by atoms with Crippen molar-refractivity contribution in [2.24, 2.45) is 0 Å². The molecule has 0 bridgehead atoms. The summed E-state index contributed by atoms with van der Waals surface area (Å²) in [6.45, 7) is 3.27. The van der Waals surface area contributed by atoms with Crippen LogP contribution >= 0.6 is 0 Å². The highest BCUT2D eigenvalue weighted by molar-refractivity contribution is 7.90. The summed E-state index contributed by atoms with van der Waals surface area (Å²) in [7, 11) is -0.685. The van der Waals surface area contributed by atoms with E-state index in [4.69, 9.17) is 18.9 Å². The van der Waals surface area contributed by atoms with Gasteiger partial charge < -0.3 is 34.5 Å². The molecule has 6 amide bonds. The van der Waals surface area contributed by atoms with Gasteiger partial charge in [0.05, 0.1) is 86.3 Å². The second-order valence-corrected chi connectivity index (χ2v) is 17.8. The molecule has 0 saturated carbocycles. The number of carbonyl (C=O) groups excluding carboxylic acids is 7. The molecule has 66 heavy (non-hydrogen) atoms. The minimum Gasteiger partial charge on any atom is -0.493 e. The Hall–Kier alpha value is -6.96. The fourth-order valence-electron chi connectivity index (χ4n) is 7.62. The number of nitrogens with one attached hydrogen (secondary N) is 3. The lowest BCUT2D eigenvalue weighted by molar-refractivity contribution is -0.136. The highest BCUT2D eigenvalue weighted by Gasteiger charge is 2.45. The molecule has 19 heteroatoms. The maximum absolute atomic E-state index is 13.9. The predicted octanol–water partition coefficient (Wildman–Crippen LogP) is 4.34. The van der Waals surface area contributed by atoms with Crippen molar-refractivity contribution in [2.45, 2.75) is 51.5 Å². The molecule has 6 rings (SSSR count). The Morgan fingerprint density at radius 1 is 0.909 bits per heavy atom. The van der Waals surface area contributed by atoms with Gasteiger partial charge in [0, 0.05) is 32.0 Å². The summed E-state index contributed by atoms with van der Waals surface area (Å²) in [6, 6.07) is 19.6. The fourth-order valence-corrected chi connectivity index (χ4v) is 8.61. The van der Waals surface area contributed by atoms with Gasteiger partial charge in [0.2, 0.25) is 17.7 Å². The standard InChI is InChI=1S/C47H51N5O13S/c1-5-65-40-24-31(16-18-39(40)62-3)38(28-66(4,60)61)51(2)45(57)32-8-6-10-35(34(32)25-53)49-42(55)20-22-63-26-29-12-14-30(15-13-29)27-64-23-21-48-36-11-7-9-33-43(36)47(59)52(46(33)58)37-17-19-41(54)50-44(37)56/h6-16,18,24-25,37-38,48H,5,17,19-23,26-28H2,1-4H3,(H,49,55)(H,50,54,56). The molecule has 1 fully saturated rings. The molecular weight excluding hydrogens is 875 g/mol. The summed E-state index contributed by atoms with van der Waals surface area (Å²) in [5.41, 5.74) is 3.01.